The maximum absolute atomic E-state index is 14.8. The summed E-state index contributed by atoms with van der Waals surface area (Å²) < 4.78 is 53.4. The van der Waals surface area contributed by atoms with Crippen molar-refractivity contribution in [3.8, 4) is 0 Å². The van der Waals surface area contributed by atoms with Crippen molar-refractivity contribution < 1.29 is 27.5 Å². The third kappa shape index (κ3) is 3.06. The SMILES string of the molecule is O=C(O)[C@@]1(F)CCN2c3ccccc3N(c3ccc(C(F)(F)F)cc3)C[C@@H]2C1. The molecule has 0 spiro atoms. The summed E-state index contributed by atoms with van der Waals surface area (Å²) in [5.41, 5.74) is -0.856. The lowest BCUT2D eigenvalue weighted by Gasteiger charge is -2.49. The van der Waals surface area contributed by atoms with Gasteiger partial charge in [-0.05, 0) is 36.4 Å². The van der Waals surface area contributed by atoms with Crippen LogP contribution in [0.1, 0.15) is 18.4 Å². The van der Waals surface area contributed by atoms with Gasteiger partial charge in [0.1, 0.15) is 0 Å². The number of halogens is 4. The Morgan fingerprint density at radius 3 is 2.32 bits per heavy atom. The average Bonchev–Trinajstić information content (AvgIpc) is 2.66. The third-order valence-electron chi connectivity index (χ3n) is 5.51. The Balaban J connectivity index is 1.71. The van der Waals surface area contributed by atoms with Gasteiger partial charge in [-0.15, -0.1) is 0 Å². The van der Waals surface area contributed by atoms with Crippen LogP contribution in [0.15, 0.2) is 48.5 Å². The summed E-state index contributed by atoms with van der Waals surface area (Å²) in [6.45, 7) is 0.562. The molecule has 2 atom stereocenters. The standard InChI is InChI=1S/C20H18F4N2O2/c21-19(18(27)28)9-10-25-15(11-19)12-26(17-4-2-1-3-16(17)25)14-7-5-13(6-8-14)20(22,23)24/h1-8,15H,9-12H2,(H,27,28)/t15-,19+/m0/s1. The van der Waals surface area contributed by atoms with Crippen LogP contribution < -0.4 is 9.80 Å². The van der Waals surface area contributed by atoms with E-state index in [-0.39, 0.29) is 19.4 Å². The molecule has 0 saturated carbocycles. The number of aliphatic carboxylic acids is 1. The zero-order chi connectivity index (χ0) is 20.1. The Kier molecular flexibility index (Phi) is 4.24. The summed E-state index contributed by atoms with van der Waals surface area (Å²) in [6, 6.07) is 11.8. The first-order valence-electron chi connectivity index (χ1n) is 8.92. The minimum absolute atomic E-state index is 0.104. The zero-order valence-electron chi connectivity index (χ0n) is 14.8. The van der Waals surface area contributed by atoms with Gasteiger partial charge in [-0.3, -0.25) is 0 Å². The summed E-state index contributed by atoms with van der Waals surface area (Å²) in [5, 5.41) is 9.26. The molecule has 2 aromatic carbocycles. The second kappa shape index (κ2) is 6.39. The molecule has 28 heavy (non-hydrogen) atoms. The van der Waals surface area contributed by atoms with Gasteiger partial charge >= 0.3 is 12.1 Å². The number of carboxylic acids is 1. The molecule has 2 aliphatic rings. The molecule has 0 bridgehead atoms. The molecule has 1 N–H and O–H groups in total. The number of nitrogens with zero attached hydrogens (tertiary/aromatic N) is 2. The van der Waals surface area contributed by atoms with Crippen molar-refractivity contribution >= 4 is 23.0 Å². The van der Waals surface area contributed by atoms with E-state index in [1.165, 1.54) is 12.1 Å². The van der Waals surface area contributed by atoms with E-state index in [4.69, 9.17) is 0 Å². The Hall–Kier alpha value is -2.77. The van der Waals surface area contributed by atoms with E-state index in [0.29, 0.717) is 12.2 Å². The Bertz CT molecular complexity index is 900. The number of alkyl halides is 4. The summed E-state index contributed by atoms with van der Waals surface area (Å²) in [4.78, 5) is 15.2. The van der Waals surface area contributed by atoms with Crippen LogP contribution in [0.25, 0.3) is 0 Å². The number of benzene rings is 2. The van der Waals surface area contributed by atoms with Crippen LogP contribution >= 0.6 is 0 Å². The normalized spacial score (nSPS) is 24.5. The molecule has 0 unspecified atom stereocenters. The van der Waals surface area contributed by atoms with Crippen LogP contribution in [0.5, 0.6) is 0 Å². The zero-order valence-corrected chi connectivity index (χ0v) is 14.8. The highest BCUT2D eigenvalue weighted by molar-refractivity contribution is 5.82. The van der Waals surface area contributed by atoms with Crippen LogP contribution in [0.4, 0.5) is 34.6 Å². The van der Waals surface area contributed by atoms with Gasteiger partial charge in [-0.2, -0.15) is 13.2 Å². The average molecular weight is 394 g/mol. The molecule has 0 radical (unpaired) electrons. The van der Waals surface area contributed by atoms with Crippen molar-refractivity contribution in [1.29, 1.82) is 0 Å². The first-order valence-corrected chi connectivity index (χ1v) is 8.92. The van der Waals surface area contributed by atoms with Crippen molar-refractivity contribution in [2.24, 2.45) is 0 Å². The summed E-state index contributed by atoms with van der Waals surface area (Å²) >= 11 is 0. The molecule has 2 aromatic rings. The molecule has 2 heterocycles. The molecular weight excluding hydrogens is 376 g/mol. The fourth-order valence-corrected chi connectivity index (χ4v) is 4.06. The van der Waals surface area contributed by atoms with Crippen molar-refractivity contribution in [3.63, 3.8) is 0 Å². The number of hydrogen-bond donors (Lipinski definition) is 1. The van der Waals surface area contributed by atoms with E-state index in [0.717, 1.165) is 23.5 Å². The number of rotatable bonds is 2. The van der Waals surface area contributed by atoms with Crippen molar-refractivity contribution in [1.82, 2.24) is 0 Å². The molecular formula is C20H18F4N2O2. The monoisotopic (exact) mass is 394 g/mol. The van der Waals surface area contributed by atoms with Gasteiger partial charge in [0.2, 0.25) is 5.67 Å². The number of carboxylic acid groups (broad SMARTS) is 1. The van der Waals surface area contributed by atoms with Crippen molar-refractivity contribution in [2.75, 3.05) is 22.9 Å². The largest absolute Gasteiger partial charge is 0.479 e. The summed E-state index contributed by atoms with van der Waals surface area (Å²) in [5.74, 6) is -1.47. The Morgan fingerprint density at radius 2 is 1.71 bits per heavy atom. The first kappa shape index (κ1) is 18.6. The summed E-state index contributed by atoms with van der Waals surface area (Å²) in [7, 11) is 0. The number of carbonyl (C=O) groups is 1. The quantitative estimate of drug-likeness (QED) is 0.755. The van der Waals surface area contributed by atoms with Gasteiger partial charge in [-0.25, -0.2) is 9.18 Å². The molecule has 0 aliphatic carbocycles. The first-order chi connectivity index (χ1) is 13.2. The number of anilines is 3. The molecule has 1 fully saturated rings. The lowest BCUT2D eigenvalue weighted by molar-refractivity contribution is -0.153. The molecule has 1 saturated heterocycles. The number of hydrogen-bond acceptors (Lipinski definition) is 3. The minimum atomic E-state index is -4.42. The van der Waals surface area contributed by atoms with E-state index in [1.54, 1.807) is 0 Å². The molecule has 4 nitrogen and oxygen atoms in total. The molecule has 4 rings (SSSR count). The predicted molar refractivity (Wildman–Crippen MR) is 96.7 cm³/mol. The highest BCUT2D eigenvalue weighted by Gasteiger charge is 2.48. The van der Waals surface area contributed by atoms with Crippen LogP contribution in [-0.2, 0) is 11.0 Å². The van der Waals surface area contributed by atoms with Crippen LogP contribution in [0.3, 0.4) is 0 Å². The predicted octanol–water partition coefficient (Wildman–Crippen LogP) is 4.62. The third-order valence-corrected chi connectivity index (χ3v) is 5.51. The van der Waals surface area contributed by atoms with Crippen LogP contribution in [0.2, 0.25) is 0 Å². The van der Waals surface area contributed by atoms with Crippen molar-refractivity contribution in [3.05, 3.63) is 54.1 Å². The van der Waals surface area contributed by atoms with Crippen LogP contribution in [-0.4, -0.2) is 35.9 Å². The molecule has 148 valence electrons. The minimum Gasteiger partial charge on any atom is -0.479 e. The number of piperidine rings is 1. The highest BCUT2D eigenvalue weighted by Crippen LogP contribution is 2.45. The van der Waals surface area contributed by atoms with Gasteiger partial charge in [0, 0.05) is 31.6 Å². The fraction of sp³-hybridized carbons (Fsp3) is 0.350. The molecule has 8 heteroatoms. The van der Waals surface area contributed by atoms with Gasteiger partial charge in [-0.1, -0.05) is 12.1 Å². The van der Waals surface area contributed by atoms with E-state index in [1.807, 2.05) is 34.1 Å². The molecule has 2 aliphatic heterocycles. The second-order valence-electron chi connectivity index (χ2n) is 7.22. The van der Waals surface area contributed by atoms with Gasteiger partial charge in [0.25, 0.3) is 0 Å². The Morgan fingerprint density at radius 1 is 1.07 bits per heavy atom. The number of para-hydroxylation sites is 2. The van der Waals surface area contributed by atoms with E-state index < -0.39 is 29.4 Å². The van der Waals surface area contributed by atoms with E-state index in [2.05, 4.69) is 0 Å². The maximum Gasteiger partial charge on any atom is 0.416 e. The van der Waals surface area contributed by atoms with Gasteiger partial charge < -0.3 is 14.9 Å². The summed E-state index contributed by atoms with van der Waals surface area (Å²) in [6.07, 6.45) is -4.70. The van der Waals surface area contributed by atoms with Gasteiger partial charge in [0.15, 0.2) is 0 Å². The van der Waals surface area contributed by atoms with E-state index >= 15 is 0 Å². The highest BCUT2D eigenvalue weighted by atomic mass is 19.4. The smallest absolute Gasteiger partial charge is 0.416 e. The lowest BCUT2D eigenvalue weighted by Crippen LogP contribution is -2.57. The molecule has 0 aromatic heterocycles. The van der Waals surface area contributed by atoms with Crippen LogP contribution in [0, 0.1) is 0 Å². The number of fused-ring (bicyclic) bond motifs is 3. The molecule has 0 amide bonds. The topological polar surface area (TPSA) is 43.8 Å². The van der Waals surface area contributed by atoms with E-state index in [9.17, 15) is 27.5 Å². The lowest BCUT2D eigenvalue weighted by atomic mass is 9.85. The second-order valence-corrected chi connectivity index (χ2v) is 7.22. The fourth-order valence-electron chi connectivity index (χ4n) is 4.06. The Labute approximate surface area is 159 Å². The van der Waals surface area contributed by atoms with Crippen molar-refractivity contribution in [2.45, 2.75) is 30.7 Å². The van der Waals surface area contributed by atoms with Gasteiger partial charge in [0.05, 0.1) is 23.0 Å². The maximum atomic E-state index is 14.8.